The lowest BCUT2D eigenvalue weighted by Gasteiger charge is -2.37. The van der Waals surface area contributed by atoms with Gasteiger partial charge in [-0.2, -0.15) is 0 Å². The lowest BCUT2D eigenvalue weighted by atomic mass is 9.76. The van der Waals surface area contributed by atoms with Gasteiger partial charge in [-0.1, -0.05) is 0 Å². The third-order valence-corrected chi connectivity index (χ3v) is 7.31. The topological polar surface area (TPSA) is 201 Å². The molecule has 0 bridgehead atoms. The van der Waals surface area contributed by atoms with Crippen molar-refractivity contribution < 1.29 is 53.8 Å². The summed E-state index contributed by atoms with van der Waals surface area (Å²) in [7, 11) is 1.13. The van der Waals surface area contributed by atoms with Gasteiger partial charge in [0.05, 0.1) is 18.2 Å². The first-order valence-electron chi connectivity index (χ1n) is 11.6. The number of phenolic OH excluding ortho intramolecular Hbond substituents is 4. The summed E-state index contributed by atoms with van der Waals surface area (Å²) in [5.41, 5.74) is -7.28. The van der Waals surface area contributed by atoms with Gasteiger partial charge in [0.2, 0.25) is 11.6 Å². The molecule has 5 N–H and O–H groups in total. The van der Waals surface area contributed by atoms with Crippen LogP contribution in [0.25, 0.3) is 10.8 Å². The molecule has 2 heterocycles. The van der Waals surface area contributed by atoms with E-state index in [-0.39, 0.29) is 22.1 Å². The molecule has 0 saturated carbocycles. The van der Waals surface area contributed by atoms with E-state index in [0.717, 1.165) is 20.1 Å². The number of fused-ring (bicyclic) bond motifs is 3. The number of methoxy groups -OCH3 is 1. The van der Waals surface area contributed by atoms with Gasteiger partial charge in [-0.05, 0) is 38.3 Å². The van der Waals surface area contributed by atoms with Crippen LogP contribution in [-0.4, -0.2) is 61.2 Å². The summed E-state index contributed by atoms with van der Waals surface area (Å²) in [6.45, 7) is 3.84. The van der Waals surface area contributed by atoms with Crippen molar-refractivity contribution in [2.24, 2.45) is 0 Å². The van der Waals surface area contributed by atoms with E-state index in [1.54, 1.807) is 0 Å². The number of aryl methyl sites for hydroxylation is 1. The van der Waals surface area contributed by atoms with Crippen LogP contribution in [0.3, 0.4) is 0 Å². The second-order valence-electron chi connectivity index (χ2n) is 9.81. The molecule has 12 heteroatoms. The van der Waals surface area contributed by atoms with Crippen LogP contribution in [0.1, 0.15) is 56.2 Å². The molecule has 0 unspecified atom stereocenters. The molecule has 1 aromatic heterocycles. The number of ketones is 3. The number of hydrogen-bond donors (Lipinski definition) is 5. The molecule has 2 aromatic carbocycles. The molecule has 1 aliphatic heterocycles. The number of carbonyl (C=O) groups excluding carboxylic acids is 3. The number of carbonyl (C=O) groups is 3. The van der Waals surface area contributed by atoms with Gasteiger partial charge in [-0.3, -0.25) is 14.4 Å². The van der Waals surface area contributed by atoms with E-state index >= 15 is 0 Å². The van der Waals surface area contributed by atoms with Crippen LogP contribution < -0.4 is 10.4 Å². The molecule has 0 saturated heterocycles. The minimum Gasteiger partial charge on any atom is -0.506 e. The molecule has 0 spiro atoms. The van der Waals surface area contributed by atoms with E-state index < -0.39 is 91.8 Å². The maximum atomic E-state index is 13.6. The molecular formula is C27H22O12. The Labute approximate surface area is 218 Å². The fourth-order valence-electron chi connectivity index (χ4n) is 5.03. The number of rotatable bonds is 4. The lowest BCUT2D eigenvalue weighted by molar-refractivity contribution is -0.0829. The Morgan fingerprint density at radius 2 is 1.62 bits per heavy atom. The van der Waals surface area contributed by atoms with Crippen molar-refractivity contribution in [3.8, 4) is 28.7 Å². The van der Waals surface area contributed by atoms with Gasteiger partial charge in [-0.15, -0.1) is 0 Å². The third kappa shape index (κ3) is 3.34. The number of phenols is 4. The summed E-state index contributed by atoms with van der Waals surface area (Å²) in [5.74, 6) is -7.04. The summed E-state index contributed by atoms with van der Waals surface area (Å²) in [5, 5.41) is 54.3. The Morgan fingerprint density at radius 1 is 0.949 bits per heavy atom. The van der Waals surface area contributed by atoms with Gasteiger partial charge in [0, 0.05) is 18.1 Å². The Kier molecular flexibility index (Phi) is 5.34. The quantitative estimate of drug-likeness (QED) is 0.240. The number of benzene rings is 2. The normalized spacial score (nSPS) is 19.8. The van der Waals surface area contributed by atoms with Crippen molar-refractivity contribution in [1.82, 2.24) is 0 Å². The van der Waals surface area contributed by atoms with Crippen molar-refractivity contribution >= 4 is 28.1 Å². The molecule has 39 heavy (non-hydrogen) atoms. The molecule has 5 rings (SSSR count). The van der Waals surface area contributed by atoms with Gasteiger partial charge in [-0.25, -0.2) is 4.79 Å². The predicted molar refractivity (Wildman–Crippen MR) is 132 cm³/mol. The second-order valence-corrected chi connectivity index (χ2v) is 9.81. The molecule has 2 aliphatic rings. The molecule has 202 valence electrons. The Morgan fingerprint density at radius 3 is 2.26 bits per heavy atom. The highest BCUT2D eigenvalue weighted by atomic mass is 16.5. The van der Waals surface area contributed by atoms with Gasteiger partial charge in [0.1, 0.15) is 28.1 Å². The molecule has 0 radical (unpaired) electrons. The zero-order valence-electron chi connectivity index (χ0n) is 21.0. The van der Waals surface area contributed by atoms with Gasteiger partial charge >= 0.3 is 5.63 Å². The van der Waals surface area contributed by atoms with Gasteiger partial charge in [0.25, 0.3) is 0 Å². The van der Waals surface area contributed by atoms with Crippen LogP contribution in [0.15, 0.2) is 33.2 Å². The third-order valence-electron chi connectivity index (χ3n) is 7.31. The summed E-state index contributed by atoms with van der Waals surface area (Å²) < 4.78 is 15.6. The van der Waals surface area contributed by atoms with Crippen LogP contribution in [0.4, 0.5) is 0 Å². The molecular weight excluding hydrogens is 516 g/mol. The molecule has 1 aliphatic carbocycles. The smallest absolute Gasteiger partial charge is 0.347 e. The summed E-state index contributed by atoms with van der Waals surface area (Å²) in [6.07, 6.45) is 0.273. The first kappa shape index (κ1) is 25.8. The monoisotopic (exact) mass is 538 g/mol. The average Bonchev–Trinajstić information content (AvgIpc) is 3.14. The Bertz CT molecular complexity index is 1760. The number of aromatic hydroxyl groups is 4. The fourth-order valence-corrected chi connectivity index (χ4v) is 5.03. The van der Waals surface area contributed by atoms with Crippen molar-refractivity contribution in [3.05, 3.63) is 62.4 Å². The van der Waals surface area contributed by atoms with Gasteiger partial charge in [0.15, 0.2) is 40.1 Å². The van der Waals surface area contributed by atoms with Crippen molar-refractivity contribution in [1.29, 1.82) is 0 Å². The second kappa shape index (κ2) is 8.08. The van der Waals surface area contributed by atoms with Crippen molar-refractivity contribution in [2.45, 2.75) is 38.4 Å². The molecule has 3 aromatic rings. The van der Waals surface area contributed by atoms with Gasteiger partial charge < -0.3 is 39.4 Å². The van der Waals surface area contributed by atoms with Crippen LogP contribution in [0.2, 0.25) is 0 Å². The minimum atomic E-state index is -2.24. The fraction of sp³-hybridized carbons (Fsp3) is 0.259. The molecule has 2 atom stereocenters. The number of aliphatic hydroxyl groups is 1. The minimum absolute atomic E-state index is 0.0735. The Hall–Kier alpha value is -4.84. The first-order chi connectivity index (χ1) is 18.1. The van der Waals surface area contributed by atoms with Crippen molar-refractivity contribution in [2.75, 3.05) is 7.11 Å². The zero-order chi connectivity index (χ0) is 28.8. The highest BCUT2D eigenvalue weighted by Crippen LogP contribution is 2.54. The molecule has 0 amide bonds. The number of ether oxygens (including phenoxy) is 2. The van der Waals surface area contributed by atoms with E-state index in [9.17, 15) is 44.7 Å². The van der Waals surface area contributed by atoms with E-state index in [2.05, 4.69) is 0 Å². The first-order valence-corrected chi connectivity index (χ1v) is 11.6. The zero-order valence-corrected chi connectivity index (χ0v) is 21.0. The van der Waals surface area contributed by atoms with Crippen LogP contribution >= 0.6 is 0 Å². The van der Waals surface area contributed by atoms with E-state index in [0.29, 0.717) is 0 Å². The van der Waals surface area contributed by atoms with E-state index in [4.69, 9.17) is 13.9 Å². The highest BCUT2D eigenvalue weighted by molar-refractivity contribution is 6.28. The van der Waals surface area contributed by atoms with E-state index in [1.165, 1.54) is 26.0 Å². The number of Topliss-reactive ketones (excluding diaryl/α,β-unsaturated/α-hetero) is 2. The Balaban J connectivity index is 1.62. The molecule has 12 nitrogen and oxygen atoms in total. The van der Waals surface area contributed by atoms with Crippen LogP contribution in [-0.2, 0) is 11.2 Å². The number of hydrogen-bond acceptors (Lipinski definition) is 12. The number of allylic oxidation sites excluding steroid dienone is 2. The standard InChI is InChI=1S/C27H22O12/c1-9-5-10-6-11(18(29)21(32)14(10)25(35)38-9)8-26(2,36)27(3)24(34)17-20(31)15-12(28)7-13(37-4)19(30)16(15)22(33)23(17)39-27/h5-7,29,31-33,36H,8H2,1-4H3/t26-,27+/m1/s1. The SMILES string of the molecule is COC1=CC(=O)c2c(O)c3c(c(O)c2C1=O)O[C@](C)([C@](C)(O)Cc1cc2cc(C)oc(=O)c2c(O)c1O)C3=O. The highest BCUT2D eigenvalue weighted by Gasteiger charge is 2.59. The predicted octanol–water partition coefficient (Wildman–Crippen LogP) is 2.16. The summed E-state index contributed by atoms with van der Waals surface area (Å²) >= 11 is 0. The summed E-state index contributed by atoms with van der Waals surface area (Å²) in [6, 6.07) is 2.75. The largest absolute Gasteiger partial charge is 0.506 e. The average molecular weight is 538 g/mol. The van der Waals surface area contributed by atoms with Crippen LogP contribution in [0, 0.1) is 6.92 Å². The van der Waals surface area contributed by atoms with E-state index in [1.807, 2.05) is 0 Å². The maximum absolute atomic E-state index is 13.6. The van der Waals surface area contributed by atoms with Crippen molar-refractivity contribution in [3.63, 3.8) is 0 Å². The lowest BCUT2D eigenvalue weighted by Crippen LogP contribution is -2.58. The molecule has 0 fully saturated rings. The summed E-state index contributed by atoms with van der Waals surface area (Å²) in [4.78, 5) is 51.2. The van der Waals surface area contributed by atoms with Crippen LogP contribution in [0.5, 0.6) is 28.7 Å². The maximum Gasteiger partial charge on any atom is 0.347 e.